The van der Waals surface area contributed by atoms with E-state index >= 15 is 0 Å². The summed E-state index contributed by atoms with van der Waals surface area (Å²) in [4.78, 5) is 17.3. The molecule has 0 saturated carbocycles. The highest BCUT2D eigenvalue weighted by Crippen LogP contribution is 2.30. The molecule has 0 radical (unpaired) electrons. The fraction of sp³-hybridized carbons (Fsp3) is 0.263. The van der Waals surface area contributed by atoms with Gasteiger partial charge in [-0.2, -0.15) is 0 Å². The molecule has 0 spiro atoms. The fourth-order valence-corrected chi connectivity index (χ4v) is 3.10. The van der Waals surface area contributed by atoms with Crippen molar-refractivity contribution in [3.63, 3.8) is 0 Å². The van der Waals surface area contributed by atoms with E-state index in [2.05, 4.69) is 5.32 Å². The van der Waals surface area contributed by atoms with Gasteiger partial charge in [-0.3, -0.25) is 9.20 Å². The van der Waals surface area contributed by atoms with Crippen LogP contribution in [-0.4, -0.2) is 28.0 Å². The lowest BCUT2D eigenvalue weighted by Gasteiger charge is -2.12. The lowest BCUT2D eigenvalue weighted by molar-refractivity contribution is -0.124. The van der Waals surface area contributed by atoms with Gasteiger partial charge in [-0.05, 0) is 31.4 Å². The Morgan fingerprint density at radius 3 is 2.83 bits per heavy atom. The van der Waals surface area contributed by atoms with Crippen LogP contribution in [0.4, 0.5) is 5.82 Å². The van der Waals surface area contributed by atoms with E-state index < -0.39 is 0 Å². The molecule has 0 unspecified atom stereocenters. The van der Waals surface area contributed by atoms with Gasteiger partial charge in [0.25, 0.3) is 5.91 Å². The zero-order valence-electron chi connectivity index (χ0n) is 13.5. The summed E-state index contributed by atoms with van der Waals surface area (Å²) >= 11 is 0. The van der Waals surface area contributed by atoms with Gasteiger partial charge in [0.1, 0.15) is 23.3 Å². The summed E-state index contributed by atoms with van der Waals surface area (Å²) in [7, 11) is 0. The van der Waals surface area contributed by atoms with Crippen molar-refractivity contribution in [2.45, 2.75) is 25.9 Å². The van der Waals surface area contributed by atoms with Crippen molar-refractivity contribution in [3.8, 4) is 11.3 Å². The number of benzene rings is 1. The molecule has 1 saturated heterocycles. The molecule has 0 bridgehead atoms. The van der Waals surface area contributed by atoms with Crippen molar-refractivity contribution in [1.82, 2.24) is 9.38 Å². The summed E-state index contributed by atoms with van der Waals surface area (Å²) in [5.41, 5.74) is 3.66. The van der Waals surface area contributed by atoms with Gasteiger partial charge in [0.15, 0.2) is 0 Å². The van der Waals surface area contributed by atoms with Crippen LogP contribution in [0.3, 0.4) is 0 Å². The zero-order chi connectivity index (χ0) is 16.5. The first-order valence-corrected chi connectivity index (χ1v) is 8.19. The summed E-state index contributed by atoms with van der Waals surface area (Å²) in [6.07, 6.45) is 3.24. The van der Waals surface area contributed by atoms with Crippen molar-refractivity contribution in [3.05, 3.63) is 54.2 Å². The average Bonchev–Trinajstić information content (AvgIpc) is 3.25. The Hall–Kier alpha value is -2.66. The molecule has 2 aromatic heterocycles. The molecular formula is C19H19N3O2. The maximum Gasteiger partial charge on any atom is 0.254 e. The molecule has 1 aliphatic rings. The number of nitrogens with one attached hydrogen (secondary N) is 1. The minimum Gasteiger partial charge on any atom is -0.368 e. The third-order valence-corrected chi connectivity index (χ3v) is 4.36. The Balaban J connectivity index is 1.82. The van der Waals surface area contributed by atoms with Crippen molar-refractivity contribution in [1.29, 1.82) is 0 Å². The van der Waals surface area contributed by atoms with Crippen LogP contribution in [0.5, 0.6) is 0 Å². The van der Waals surface area contributed by atoms with Crippen LogP contribution in [0.1, 0.15) is 18.4 Å². The number of aromatic nitrogens is 2. The Bertz CT molecular complexity index is 880. The van der Waals surface area contributed by atoms with Gasteiger partial charge < -0.3 is 10.1 Å². The molecule has 3 heterocycles. The zero-order valence-corrected chi connectivity index (χ0v) is 13.5. The van der Waals surface area contributed by atoms with Gasteiger partial charge in [-0.15, -0.1) is 0 Å². The number of imidazole rings is 1. The minimum atomic E-state index is -0.371. The van der Waals surface area contributed by atoms with E-state index in [1.165, 1.54) is 0 Å². The third-order valence-electron chi connectivity index (χ3n) is 4.36. The summed E-state index contributed by atoms with van der Waals surface area (Å²) < 4.78 is 7.44. The maximum atomic E-state index is 12.5. The second-order valence-electron chi connectivity index (χ2n) is 6.05. The number of carbonyl (C=O) groups excluding carboxylic acids is 1. The van der Waals surface area contributed by atoms with E-state index in [-0.39, 0.29) is 12.0 Å². The lowest BCUT2D eigenvalue weighted by Crippen LogP contribution is -2.27. The highest BCUT2D eigenvalue weighted by molar-refractivity contribution is 5.97. The third kappa shape index (κ3) is 2.57. The molecule has 5 heteroatoms. The number of fused-ring (bicyclic) bond motifs is 1. The normalized spacial score (nSPS) is 17.3. The van der Waals surface area contributed by atoms with Crippen molar-refractivity contribution >= 4 is 17.4 Å². The molecule has 4 rings (SSSR count). The van der Waals surface area contributed by atoms with Crippen LogP contribution < -0.4 is 5.32 Å². The quantitative estimate of drug-likeness (QED) is 0.804. The van der Waals surface area contributed by atoms with Crippen molar-refractivity contribution in [2.24, 2.45) is 0 Å². The Kier molecular flexibility index (Phi) is 3.78. The predicted molar refractivity (Wildman–Crippen MR) is 93.0 cm³/mol. The monoisotopic (exact) mass is 321 g/mol. The van der Waals surface area contributed by atoms with E-state index in [0.717, 1.165) is 35.3 Å². The molecule has 1 fully saturated rings. The molecule has 3 aromatic rings. The number of pyridine rings is 1. The fourth-order valence-electron chi connectivity index (χ4n) is 3.10. The molecule has 5 nitrogen and oxygen atoms in total. The van der Waals surface area contributed by atoms with Crippen molar-refractivity contribution < 1.29 is 9.53 Å². The first kappa shape index (κ1) is 14.9. The first-order valence-electron chi connectivity index (χ1n) is 8.19. The molecule has 1 atom stereocenters. The molecule has 0 aliphatic carbocycles. The number of hydrogen-bond donors (Lipinski definition) is 1. The summed E-state index contributed by atoms with van der Waals surface area (Å²) in [5.74, 6) is 0.591. The molecule has 1 amide bonds. The number of amides is 1. The van der Waals surface area contributed by atoms with E-state index in [1.54, 1.807) is 0 Å². The van der Waals surface area contributed by atoms with Crippen LogP contribution in [-0.2, 0) is 9.53 Å². The van der Waals surface area contributed by atoms with Gasteiger partial charge >= 0.3 is 0 Å². The summed E-state index contributed by atoms with van der Waals surface area (Å²) in [6, 6.07) is 13.9. The number of rotatable bonds is 3. The highest BCUT2D eigenvalue weighted by atomic mass is 16.5. The molecule has 122 valence electrons. The second kappa shape index (κ2) is 6.09. The Morgan fingerprint density at radius 2 is 2.08 bits per heavy atom. The van der Waals surface area contributed by atoms with E-state index in [9.17, 15) is 4.79 Å². The first-order chi connectivity index (χ1) is 11.7. The van der Waals surface area contributed by atoms with Crippen LogP contribution in [0, 0.1) is 6.92 Å². The van der Waals surface area contributed by atoms with Crippen molar-refractivity contribution in [2.75, 3.05) is 11.9 Å². The van der Waals surface area contributed by atoms with Crippen LogP contribution in [0.25, 0.3) is 16.9 Å². The Morgan fingerprint density at radius 1 is 1.25 bits per heavy atom. The maximum absolute atomic E-state index is 12.5. The minimum absolute atomic E-state index is 0.104. The topological polar surface area (TPSA) is 55.6 Å². The smallest absolute Gasteiger partial charge is 0.254 e. The van der Waals surface area contributed by atoms with Gasteiger partial charge in [0.2, 0.25) is 0 Å². The number of hydrogen-bond acceptors (Lipinski definition) is 3. The molecule has 1 aromatic carbocycles. The molecule has 1 N–H and O–H groups in total. The molecular weight excluding hydrogens is 302 g/mol. The standard InChI is InChI=1S/C19H19N3O2/c1-13-7-5-11-22-17(13)20-16(14-8-3-2-4-9-14)18(22)21-19(23)15-10-6-12-24-15/h2-5,7-9,11,15H,6,10,12H2,1H3,(H,21,23)/t15-/m0/s1. The van der Waals surface area contributed by atoms with E-state index in [4.69, 9.17) is 9.72 Å². The van der Waals surface area contributed by atoms with Gasteiger partial charge in [-0.25, -0.2) is 4.98 Å². The van der Waals surface area contributed by atoms with Crippen LogP contribution >= 0.6 is 0 Å². The van der Waals surface area contributed by atoms with Gasteiger partial charge in [0, 0.05) is 18.4 Å². The lowest BCUT2D eigenvalue weighted by atomic mass is 10.1. The summed E-state index contributed by atoms with van der Waals surface area (Å²) in [6.45, 7) is 2.67. The SMILES string of the molecule is Cc1cccn2c(NC(=O)[C@@H]3CCCO3)c(-c3ccccc3)nc12. The van der Waals surface area contributed by atoms with Crippen LogP contribution in [0.15, 0.2) is 48.7 Å². The number of ether oxygens (including phenoxy) is 1. The summed E-state index contributed by atoms with van der Waals surface area (Å²) in [5, 5.41) is 3.04. The largest absolute Gasteiger partial charge is 0.368 e. The highest BCUT2D eigenvalue weighted by Gasteiger charge is 2.26. The van der Waals surface area contributed by atoms with Gasteiger partial charge in [-0.1, -0.05) is 36.4 Å². The number of aryl methyl sites for hydroxylation is 1. The van der Waals surface area contributed by atoms with Gasteiger partial charge in [0.05, 0.1) is 0 Å². The number of nitrogens with zero attached hydrogens (tertiary/aromatic N) is 2. The second-order valence-corrected chi connectivity index (χ2v) is 6.05. The average molecular weight is 321 g/mol. The number of anilines is 1. The number of carbonyl (C=O) groups is 1. The Labute approximate surface area is 140 Å². The van der Waals surface area contributed by atoms with Crippen LogP contribution in [0.2, 0.25) is 0 Å². The van der Waals surface area contributed by atoms with E-state index in [1.807, 2.05) is 60.0 Å². The molecule has 1 aliphatic heterocycles. The van der Waals surface area contributed by atoms with E-state index in [0.29, 0.717) is 12.4 Å². The predicted octanol–water partition coefficient (Wildman–Crippen LogP) is 3.43. The molecule has 24 heavy (non-hydrogen) atoms.